The number of imidazole rings is 1. The molecule has 6 heteroatoms. The van der Waals surface area contributed by atoms with Gasteiger partial charge in [0.2, 0.25) is 0 Å². The molecular formula is C15H16ClN5. The first-order valence-corrected chi connectivity index (χ1v) is 7.05. The molecule has 21 heavy (non-hydrogen) atoms. The third-order valence-electron chi connectivity index (χ3n) is 3.26. The van der Waals surface area contributed by atoms with Gasteiger partial charge in [-0.2, -0.15) is 5.10 Å². The maximum Gasteiger partial charge on any atom is 0.127 e. The van der Waals surface area contributed by atoms with Crippen molar-refractivity contribution in [1.29, 1.82) is 0 Å². The molecule has 5 nitrogen and oxygen atoms in total. The number of anilines is 1. The average molecular weight is 302 g/mol. The van der Waals surface area contributed by atoms with Crippen LogP contribution in [0.4, 0.5) is 5.69 Å². The number of aryl methyl sites for hydroxylation is 1. The predicted octanol–water partition coefficient (Wildman–Crippen LogP) is 2.93. The van der Waals surface area contributed by atoms with Crippen molar-refractivity contribution < 1.29 is 0 Å². The van der Waals surface area contributed by atoms with E-state index in [4.69, 9.17) is 11.6 Å². The van der Waals surface area contributed by atoms with Crippen molar-refractivity contribution in [1.82, 2.24) is 19.3 Å². The molecular weight excluding hydrogens is 286 g/mol. The van der Waals surface area contributed by atoms with Crippen molar-refractivity contribution in [3.05, 3.63) is 65.5 Å². The van der Waals surface area contributed by atoms with Gasteiger partial charge in [0.05, 0.1) is 25.0 Å². The van der Waals surface area contributed by atoms with E-state index in [1.165, 1.54) is 0 Å². The summed E-state index contributed by atoms with van der Waals surface area (Å²) < 4.78 is 3.88. The highest BCUT2D eigenvalue weighted by molar-refractivity contribution is 6.30. The number of aromatic nitrogens is 4. The van der Waals surface area contributed by atoms with Gasteiger partial charge in [0, 0.05) is 30.7 Å². The van der Waals surface area contributed by atoms with E-state index < -0.39 is 0 Å². The lowest BCUT2D eigenvalue weighted by Gasteiger charge is -2.04. The summed E-state index contributed by atoms with van der Waals surface area (Å²) >= 11 is 5.88. The average Bonchev–Trinajstić information content (AvgIpc) is 3.08. The molecule has 1 aromatic carbocycles. The number of halogens is 1. The maximum absolute atomic E-state index is 5.88. The standard InChI is InChI=1S/C15H16ClN5/c1-20-7-6-17-15(20)9-18-14-8-19-21(11-14)10-12-2-4-13(16)5-3-12/h2-8,11,18H,9-10H2,1H3. The molecule has 108 valence electrons. The van der Waals surface area contributed by atoms with Crippen molar-refractivity contribution in [2.45, 2.75) is 13.1 Å². The van der Waals surface area contributed by atoms with Gasteiger partial charge in [-0.1, -0.05) is 23.7 Å². The largest absolute Gasteiger partial charge is 0.375 e. The molecule has 0 aliphatic rings. The Morgan fingerprint density at radius 2 is 2.05 bits per heavy atom. The second-order valence-corrected chi connectivity index (χ2v) is 5.30. The first-order valence-electron chi connectivity index (χ1n) is 6.68. The number of nitrogens with one attached hydrogen (secondary N) is 1. The minimum absolute atomic E-state index is 0.677. The molecule has 0 atom stereocenters. The maximum atomic E-state index is 5.88. The molecule has 2 aromatic heterocycles. The van der Waals surface area contributed by atoms with Gasteiger partial charge in [-0.05, 0) is 17.7 Å². The van der Waals surface area contributed by atoms with E-state index >= 15 is 0 Å². The summed E-state index contributed by atoms with van der Waals surface area (Å²) in [5.74, 6) is 0.987. The van der Waals surface area contributed by atoms with E-state index in [9.17, 15) is 0 Å². The van der Waals surface area contributed by atoms with Crippen LogP contribution in [0.25, 0.3) is 0 Å². The fourth-order valence-electron chi connectivity index (χ4n) is 2.07. The zero-order chi connectivity index (χ0) is 14.7. The topological polar surface area (TPSA) is 47.7 Å². The summed E-state index contributed by atoms with van der Waals surface area (Å²) in [5, 5.41) is 8.41. The van der Waals surface area contributed by atoms with Gasteiger partial charge in [-0.25, -0.2) is 4.98 Å². The van der Waals surface area contributed by atoms with Crippen LogP contribution in [-0.2, 0) is 20.1 Å². The van der Waals surface area contributed by atoms with Crippen LogP contribution in [-0.4, -0.2) is 19.3 Å². The molecule has 0 bridgehead atoms. The van der Waals surface area contributed by atoms with Crippen LogP contribution in [0.1, 0.15) is 11.4 Å². The summed E-state index contributed by atoms with van der Waals surface area (Å²) in [6.45, 7) is 1.40. The molecule has 3 aromatic rings. The third kappa shape index (κ3) is 3.44. The number of benzene rings is 1. The molecule has 0 aliphatic heterocycles. The summed E-state index contributed by atoms with van der Waals surface area (Å²) in [7, 11) is 1.98. The Morgan fingerprint density at radius 3 is 2.76 bits per heavy atom. The van der Waals surface area contributed by atoms with Gasteiger partial charge < -0.3 is 9.88 Å². The second-order valence-electron chi connectivity index (χ2n) is 4.86. The molecule has 1 N–H and O–H groups in total. The van der Waals surface area contributed by atoms with Gasteiger partial charge in [0.25, 0.3) is 0 Å². The molecule has 0 amide bonds. The monoisotopic (exact) mass is 301 g/mol. The molecule has 3 rings (SSSR count). The smallest absolute Gasteiger partial charge is 0.127 e. The number of hydrogen-bond acceptors (Lipinski definition) is 3. The lowest BCUT2D eigenvalue weighted by Crippen LogP contribution is -2.05. The Morgan fingerprint density at radius 1 is 1.24 bits per heavy atom. The summed E-state index contributed by atoms with van der Waals surface area (Å²) in [5.41, 5.74) is 2.14. The molecule has 2 heterocycles. The number of rotatable bonds is 5. The minimum atomic E-state index is 0.677. The normalized spacial score (nSPS) is 10.8. The van der Waals surface area contributed by atoms with Crippen molar-refractivity contribution in [2.24, 2.45) is 7.05 Å². The number of nitrogens with zero attached hydrogens (tertiary/aromatic N) is 4. The van der Waals surface area contributed by atoms with E-state index in [1.807, 2.05) is 59.2 Å². The predicted molar refractivity (Wildman–Crippen MR) is 83.3 cm³/mol. The van der Waals surface area contributed by atoms with Gasteiger partial charge in [0.15, 0.2) is 0 Å². The Labute approximate surface area is 128 Å². The van der Waals surface area contributed by atoms with E-state index in [-0.39, 0.29) is 0 Å². The molecule has 0 unspecified atom stereocenters. The Balaban J connectivity index is 1.61. The highest BCUT2D eigenvalue weighted by Gasteiger charge is 2.02. The fraction of sp³-hybridized carbons (Fsp3) is 0.200. The lowest BCUT2D eigenvalue weighted by molar-refractivity contribution is 0.687. The van der Waals surface area contributed by atoms with E-state index in [1.54, 1.807) is 6.20 Å². The molecule has 0 fully saturated rings. The van der Waals surface area contributed by atoms with E-state index in [2.05, 4.69) is 15.4 Å². The van der Waals surface area contributed by atoms with Crippen molar-refractivity contribution in [2.75, 3.05) is 5.32 Å². The second kappa shape index (κ2) is 6.01. The van der Waals surface area contributed by atoms with Crippen LogP contribution in [0, 0.1) is 0 Å². The van der Waals surface area contributed by atoms with E-state index in [0.29, 0.717) is 6.54 Å². The lowest BCUT2D eigenvalue weighted by atomic mass is 10.2. The Kier molecular flexibility index (Phi) is 3.92. The van der Waals surface area contributed by atoms with Gasteiger partial charge in [-0.3, -0.25) is 4.68 Å². The van der Waals surface area contributed by atoms with Crippen LogP contribution >= 0.6 is 11.6 Å². The summed E-state index contributed by atoms with van der Waals surface area (Å²) in [4.78, 5) is 4.27. The highest BCUT2D eigenvalue weighted by atomic mass is 35.5. The van der Waals surface area contributed by atoms with Crippen molar-refractivity contribution in [3.8, 4) is 0 Å². The third-order valence-corrected chi connectivity index (χ3v) is 3.51. The first kappa shape index (κ1) is 13.7. The molecule has 0 aliphatic carbocycles. The van der Waals surface area contributed by atoms with Crippen molar-refractivity contribution >= 4 is 17.3 Å². The molecule has 0 saturated heterocycles. The summed E-state index contributed by atoms with van der Waals surface area (Å²) in [6, 6.07) is 7.79. The number of hydrogen-bond donors (Lipinski definition) is 1. The fourth-order valence-corrected chi connectivity index (χ4v) is 2.19. The first-order chi connectivity index (χ1) is 10.2. The van der Waals surface area contributed by atoms with Crippen molar-refractivity contribution in [3.63, 3.8) is 0 Å². The SMILES string of the molecule is Cn1ccnc1CNc1cnn(Cc2ccc(Cl)cc2)c1. The quantitative estimate of drug-likeness (QED) is 0.788. The Bertz CT molecular complexity index is 714. The molecule has 0 saturated carbocycles. The van der Waals surface area contributed by atoms with Gasteiger partial charge >= 0.3 is 0 Å². The van der Waals surface area contributed by atoms with E-state index in [0.717, 1.165) is 28.6 Å². The van der Waals surface area contributed by atoms with Gasteiger partial charge in [-0.15, -0.1) is 0 Å². The highest BCUT2D eigenvalue weighted by Crippen LogP contribution is 2.12. The van der Waals surface area contributed by atoms with Crippen LogP contribution in [0.3, 0.4) is 0 Å². The minimum Gasteiger partial charge on any atom is -0.375 e. The molecule has 0 spiro atoms. The van der Waals surface area contributed by atoms with Gasteiger partial charge in [0.1, 0.15) is 5.82 Å². The zero-order valence-corrected chi connectivity index (χ0v) is 12.5. The zero-order valence-electron chi connectivity index (χ0n) is 11.7. The van der Waals surface area contributed by atoms with Crippen LogP contribution in [0.5, 0.6) is 0 Å². The molecule has 0 radical (unpaired) electrons. The van der Waals surface area contributed by atoms with Crippen LogP contribution < -0.4 is 5.32 Å². The summed E-state index contributed by atoms with van der Waals surface area (Å²) in [6.07, 6.45) is 7.53. The van der Waals surface area contributed by atoms with Crippen LogP contribution in [0.2, 0.25) is 5.02 Å². The Hall–Kier alpha value is -2.27. The van der Waals surface area contributed by atoms with Crippen LogP contribution in [0.15, 0.2) is 49.1 Å².